The minimum absolute atomic E-state index is 0.495. The van der Waals surface area contributed by atoms with Gasteiger partial charge in [0, 0.05) is 29.9 Å². The summed E-state index contributed by atoms with van der Waals surface area (Å²) in [5, 5.41) is 3.77. The minimum Gasteiger partial charge on any atom is -0.310 e. The van der Waals surface area contributed by atoms with Gasteiger partial charge in [-0.05, 0) is 44.9 Å². The predicted octanol–water partition coefficient (Wildman–Crippen LogP) is 2.73. The fraction of sp³-hybridized carbons (Fsp3) is 1.00. The predicted molar refractivity (Wildman–Crippen MR) is 77.8 cm³/mol. The molecule has 100 valence electrons. The number of hydrogen-bond donors (Lipinski definition) is 1. The van der Waals surface area contributed by atoms with Gasteiger partial charge < -0.3 is 10.2 Å². The summed E-state index contributed by atoms with van der Waals surface area (Å²) in [5.74, 6) is 0. The first-order valence-electron chi connectivity index (χ1n) is 7.25. The van der Waals surface area contributed by atoms with Gasteiger partial charge in [-0.1, -0.05) is 13.8 Å². The molecule has 1 aliphatic carbocycles. The maximum absolute atomic E-state index is 3.77. The molecule has 1 atom stereocenters. The topological polar surface area (TPSA) is 15.3 Å². The van der Waals surface area contributed by atoms with Crippen LogP contribution in [0.4, 0.5) is 0 Å². The molecule has 3 heteroatoms. The second kappa shape index (κ2) is 5.94. The molecule has 1 N–H and O–H groups in total. The Labute approximate surface area is 111 Å². The summed E-state index contributed by atoms with van der Waals surface area (Å²) in [5.41, 5.74) is 0. The van der Waals surface area contributed by atoms with E-state index < -0.39 is 0 Å². The lowest BCUT2D eigenvalue weighted by molar-refractivity contribution is 0.281. The molecule has 1 unspecified atom stereocenters. The number of nitrogens with one attached hydrogen (secondary N) is 1. The smallest absolute Gasteiger partial charge is 0.0279 e. The third kappa shape index (κ3) is 3.62. The average molecular weight is 256 g/mol. The molecule has 0 bridgehead atoms. The van der Waals surface area contributed by atoms with Crippen molar-refractivity contribution in [3.05, 3.63) is 0 Å². The minimum atomic E-state index is 0.495. The van der Waals surface area contributed by atoms with Crippen LogP contribution in [0, 0.1) is 0 Å². The zero-order chi connectivity index (χ0) is 12.3. The van der Waals surface area contributed by atoms with Crippen LogP contribution in [0.15, 0.2) is 0 Å². The summed E-state index contributed by atoms with van der Waals surface area (Å²) in [7, 11) is 0. The second-order valence-corrected chi connectivity index (χ2v) is 7.03. The first-order chi connectivity index (χ1) is 8.21. The van der Waals surface area contributed by atoms with Crippen molar-refractivity contribution in [2.45, 2.75) is 62.8 Å². The van der Waals surface area contributed by atoms with E-state index in [4.69, 9.17) is 0 Å². The van der Waals surface area contributed by atoms with E-state index >= 15 is 0 Å². The third-order valence-corrected chi connectivity index (χ3v) is 6.13. The van der Waals surface area contributed by atoms with Crippen LogP contribution in [0.1, 0.15) is 46.0 Å². The fourth-order valence-electron chi connectivity index (χ4n) is 2.93. The Hall–Kier alpha value is 0.270. The lowest BCUT2D eigenvalue weighted by Gasteiger charge is -2.34. The van der Waals surface area contributed by atoms with E-state index in [0.29, 0.717) is 4.75 Å². The summed E-state index contributed by atoms with van der Waals surface area (Å²) >= 11 is 2.07. The van der Waals surface area contributed by atoms with E-state index in [0.717, 1.165) is 12.1 Å². The van der Waals surface area contributed by atoms with Crippen LogP contribution >= 0.6 is 11.8 Å². The van der Waals surface area contributed by atoms with Crippen molar-refractivity contribution in [1.29, 1.82) is 0 Å². The van der Waals surface area contributed by atoms with E-state index in [-0.39, 0.29) is 0 Å². The standard InChI is InChI=1S/C14H28N2S/c1-4-14(5-2,17-3)11-16-9-8-13(10-16)15-12-6-7-12/h12-13,15H,4-11H2,1-3H3. The number of thioether (sulfide) groups is 1. The SMILES string of the molecule is CCC(CC)(CN1CCC(NC2CC2)C1)SC. The Kier molecular flexibility index (Phi) is 4.79. The van der Waals surface area contributed by atoms with Gasteiger partial charge in [0.1, 0.15) is 0 Å². The Morgan fingerprint density at radius 3 is 2.41 bits per heavy atom. The van der Waals surface area contributed by atoms with Crippen molar-refractivity contribution in [3.63, 3.8) is 0 Å². The molecule has 2 rings (SSSR count). The quantitative estimate of drug-likeness (QED) is 0.754. The molecule has 1 saturated carbocycles. The maximum atomic E-state index is 3.77. The van der Waals surface area contributed by atoms with Crippen molar-refractivity contribution in [1.82, 2.24) is 10.2 Å². The number of hydrogen-bond acceptors (Lipinski definition) is 3. The van der Waals surface area contributed by atoms with Gasteiger partial charge in [-0.15, -0.1) is 0 Å². The molecule has 1 saturated heterocycles. The Balaban J connectivity index is 1.78. The zero-order valence-corrected chi connectivity index (χ0v) is 12.5. The van der Waals surface area contributed by atoms with Gasteiger partial charge >= 0.3 is 0 Å². The summed E-state index contributed by atoms with van der Waals surface area (Å²) in [4.78, 5) is 2.68. The van der Waals surface area contributed by atoms with Gasteiger partial charge in [0.2, 0.25) is 0 Å². The summed E-state index contributed by atoms with van der Waals surface area (Å²) < 4.78 is 0.495. The second-order valence-electron chi connectivity index (χ2n) is 5.76. The Morgan fingerprint density at radius 1 is 1.18 bits per heavy atom. The highest BCUT2D eigenvalue weighted by molar-refractivity contribution is 8.00. The Bertz CT molecular complexity index is 228. The molecule has 1 heterocycles. The van der Waals surface area contributed by atoms with Crippen molar-refractivity contribution in [2.24, 2.45) is 0 Å². The molecule has 0 aromatic heterocycles. The maximum Gasteiger partial charge on any atom is 0.0279 e. The average Bonchev–Trinajstić information content (AvgIpc) is 3.06. The van der Waals surface area contributed by atoms with Gasteiger partial charge in [-0.3, -0.25) is 0 Å². The van der Waals surface area contributed by atoms with Crippen LogP contribution in [0.2, 0.25) is 0 Å². The normalized spacial score (nSPS) is 26.6. The van der Waals surface area contributed by atoms with E-state index in [1.807, 2.05) is 0 Å². The number of nitrogens with zero attached hydrogens (tertiary/aromatic N) is 1. The van der Waals surface area contributed by atoms with Crippen molar-refractivity contribution in [2.75, 3.05) is 25.9 Å². The van der Waals surface area contributed by atoms with Crippen LogP contribution in [0.3, 0.4) is 0 Å². The van der Waals surface area contributed by atoms with Crippen molar-refractivity contribution < 1.29 is 0 Å². The third-order valence-electron chi connectivity index (χ3n) is 4.55. The van der Waals surface area contributed by atoms with Gasteiger partial charge in [0.05, 0.1) is 0 Å². The first kappa shape index (κ1) is 13.7. The van der Waals surface area contributed by atoms with Crippen molar-refractivity contribution >= 4 is 11.8 Å². The molecule has 0 spiro atoms. The molecule has 0 radical (unpaired) electrons. The van der Waals surface area contributed by atoms with Crippen LogP contribution in [-0.4, -0.2) is 47.6 Å². The molecule has 0 amide bonds. The molecule has 0 aromatic carbocycles. The Morgan fingerprint density at radius 2 is 1.88 bits per heavy atom. The monoisotopic (exact) mass is 256 g/mol. The van der Waals surface area contributed by atoms with E-state index in [2.05, 4.69) is 42.1 Å². The number of rotatable bonds is 7. The van der Waals surface area contributed by atoms with Gasteiger partial charge in [0.25, 0.3) is 0 Å². The van der Waals surface area contributed by atoms with Crippen LogP contribution in [-0.2, 0) is 0 Å². The number of likely N-dealkylation sites (tertiary alicyclic amines) is 1. The van der Waals surface area contributed by atoms with E-state index in [1.54, 1.807) is 0 Å². The lowest BCUT2D eigenvalue weighted by Crippen LogP contribution is -2.41. The van der Waals surface area contributed by atoms with Crippen LogP contribution in [0.25, 0.3) is 0 Å². The molecule has 2 nitrogen and oxygen atoms in total. The van der Waals surface area contributed by atoms with Gasteiger partial charge in [-0.2, -0.15) is 11.8 Å². The summed E-state index contributed by atoms with van der Waals surface area (Å²) in [6.45, 7) is 8.54. The highest BCUT2D eigenvalue weighted by Crippen LogP contribution is 2.32. The molecule has 17 heavy (non-hydrogen) atoms. The molecular weight excluding hydrogens is 228 g/mol. The van der Waals surface area contributed by atoms with Crippen LogP contribution < -0.4 is 5.32 Å². The molecule has 2 aliphatic rings. The molecule has 2 fully saturated rings. The summed E-state index contributed by atoms with van der Waals surface area (Å²) in [6.07, 6.45) is 9.05. The molecule has 1 aliphatic heterocycles. The fourth-order valence-corrected chi connectivity index (χ4v) is 3.82. The van der Waals surface area contributed by atoms with Gasteiger partial charge in [-0.25, -0.2) is 0 Å². The molecule has 0 aromatic rings. The van der Waals surface area contributed by atoms with Crippen LogP contribution in [0.5, 0.6) is 0 Å². The first-order valence-corrected chi connectivity index (χ1v) is 8.47. The lowest BCUT2D eigenvalue weighted by atomic mass is 10.0. The summed E-state index contributed by atoms with van der Waals surface area (Å²) in [6, 6.07) is 1.64. The van der Waals surface area contributed by atoms with E-state index in [1.165, 1.54) is 51.7 Å². The highest BCUT2D eigenvalue weighted by Gasteiger charge is 2.33. The van der Waals surface area contributed by atoms with E-state index in [9.17, 15) is 0 Å². The van der Waals surface area contributed by atoms with Gasteiger partial charge in [0.15, 0.2) is 0 Å². The van der Waals surface area contributed by atoms with Crippen molar-refractivity contribution in [3.8, 4) is 0 Å². The molecular formula is C14H28N2S. The highest BCUT2D eigenvalue weighted by atomic mass is 32.2. The largest absolute Gasteiger partial charge is 0.310 e. The zero-order valence-electron chi connectivity index (χ0n) is 11.7.